The van der Waals surface area contributed by atoms with Gasteiger partial charge >= 0.3 is 58.4 Å². The van der Waals surface area contributed by atoms with Gasteiger partial charge in [-0.1, -0.05) is 6.92 Å². The van der Waals surface area contributed by atoms with E-state index in [2.05, 4.69) is 6.58 Å². The summed E-state index contributed by atoms with van der Waals surface area (Å²) in [6.07, 6.45) is 1.51. The minimum Gasteiger partial charge on any atom is -0.468 e. The molecule has 17 heavy (non-hydrogen) atoms. The molecule has 0 spiro atoms. The predicted molar refractivity (Wildman–Crippen MR) is 57.9 cm³/mol. The fourth-order valence-corrected chi connectivity index (χ4v) is 1.29. The van der Waals surface area contributed by atoms with Gasteiger partial charge in [-0.05, 0) is 25.2 Å². The predicted octanol–water partition coefficient (Wildman–Crippen LogP) is 0.0483. The van der Waals surface area contributed by atoms with Gasteiger partial charge < -0.3 is 17.4 Å². The van der Waals surface area contributed by atoms with E-state index in [1.54, 1.807) is 24.0 Å². The van der Waals surface area contributed by atoms with E-state index in [1.165, 1.54) is 6.26 Å². The smallest absolute Gasteiger partial charge is 0.468 e. The summed E-state index contributed by atoms with van der Waals surface area (Å²) in [5, 5.41) is 0. The maximum absolute atomic E-state index is 12.3. The summed E-state index contributed by atoms with van der Waals surface area (Å²) in [6.45, 7) is 0.656. The number of nitrogens with zero attached hydrogens (tertiary/aromatic N) is 1. The van der Waals surface area contributed by atoms with Gasteiger partial charge in [0.05, 0.1) is 12.8 Å². The van der Waals surface area contributed by atoms with E-state index in [1.807, 2.05) is 0 Å². The van der Waals surface area contributed by atoms with Crippen LogP contribution in [0.2, 0.25) is 0 Å². The molecule has 0 atom stereocenters. The van der Waals surface area contributed by atoms with Crippen LogP contribution in [0.25, 0.3) is 0 Å². The molecule has 0 aliphatic heterocycles. The van der Waals surface area contributed by atoms with E-state index in [-0.39, 0.29) is 57.9 Å². The minimum atomic E-state index is -4.95. The maximum Gasteiger partial charge on any atom is 1.00 e. The first-order chi connectivity index (χ1) is 7.43. The van der Waals surface area contributed by atoms with Crippen LogP contribution in [-0.4, -0.2) is 25.0 Å². The van der Waals surface area contributed by atoms with Crippen LogP contribution < -0.4 is 51.4 Å². The zero-order valence-corrected chi connectivity index (χ0v) is 13.3. The Balaban J connectivity index is 0.00000256. The van der Waals surface area contributed by atoms with E-state index in [9.17, 15) is 12.9 Å². The molecular formula is C10H14BF3KNO. The van der Waals surface area contributed by atoms with Crippen LogP contribution >= 0.6 is 0 Å². The van der Waals surface area contributed by atoms with Crippen molar-refractivity contribution >= 4 is 6.98 Å². The van der Waals surface area contributed by atoms with Crippen LogP contribution in [0.4, 0.5) is 12.9 Å². The van der Waals surface area contributed by atoms with Gasteiger partial charge in [0.2, 0.25) is 0 Å². The second-order valence-electron chi connectivity index (χ2n) is 3.62. The summed E-state index contributed by atoms with van der Waals surface area (Å²) in [7, 11) is 0. The fraction of sp³-hybridized carbons (Fsp3) is 0.400. The molecule has 0 radical (unpaired) electrons. The Hall–Kier alpha value is 0.471. The van der Waals surface area contributed by atoms with Gasteiger partial charge in [-0.25, -0.2) is 0 Å². The van der Waals surface area contributed by atoms with Gasteiger partial charge in [0.15, 0.2) is 0 Å². The second kappa shape index (κ2) is 7.81. The average Bonchev–Trinajstić information content (AvgIpc) is 2.67. The molecule has 1 rings (SSSR count). The normalized spacial score (nSPS) is 11.4. The van der Waals surface area contributed by atoms with Gasteiger partial charge in [0.25, 0.3) is 0 Å². The summed E-state index contributed by atoms with van der Waals surface area (Å²) in [6, 6.07) is 3.45. The SMILES string of the molecule is C=C(CN(CC)Cc1ccco1)[B-](F)(F)F.[K+]. The number of rotatable bonds is 6. The van der Waals surface area contributed by atoms with E-state index < -0.39 is 12.4 Å². The van der Waals surface area contributed by atoms with Crippen LogP contribution in [0, 0.1) is 0 Å². The summed E-state index contributed by atoms with van der Waals surface area (Å²) >= 11 is 0. The van der Waals surface area contributed by atoms with Crippen molar-refractivity contribution < 1.29 is 68.7 Å². The van der Waals surface area contributed by atoms with Gasteiger partial charge in [-0.15, -0.1) is 12.1 Å². The Labute approximate surface area is 142 Å². The zero-order chi connectivity index (χ0) is 12.2. The molecule has 0 aliphatic carbocycles. The molecule has 1 aromatic heterocycles. The van der Waals surface area contributed by atoms with Gasteiger partial charge in [0.1, 0.15) is 5.76 Å². The van der Waals surface area contributed by atoms with Crippen molar-refractivity contribution in [2.75, 3.05) is 13.1 Å². The van der Waals surface area contributed by atoms with Gasteiger partial charge in [0, 0.05) is 0 Å². The van der Waals surface area contributed by atoms with E-state index in [0.29, 0.717) is 18.8 Å². The molecular weight excluding hydrogens is 257 g/mol. The molecule has 0 saturated carbocycles. The second-order valence-corrected chi connectivity index (χ2v) is 3.62. The first kappa shape index (κ1) is 17.5. The van der Waals surface area contributed by atoms with Gasteiger partial charge in [-0.3, -0.25) is 4.90 Å². The summed E-state index contributed by atoms with van der Waals surface area (Å²) in [5.41, 5.74) is -0.673. The third-order valence-electron chi connectivity index (χ3n) is 2.30. The standard InChI is InChI=1S/C10H14BF3NO.K/c1-3-15(7-9(2)11(12,13)14)8-10-5-4-6-16-10;/h4-6H,2-3,7-8H2,1H3;/q-1;+1. The van der Waals surface area contributed by atoms with E-state index >= 15 is 0 Å². The Kier molecular flexibility index (Phi) is 8.02. The average molecular weight is 271 g/mol. The van der Waals surface area contributed by atoms with Crippen molar-refractivity contribution in [1.82, 2.24) is 4.90 Å². The minimum absolute atomic E-state index is 0. The largest absolute Gasteiger partial charge is 1.00 e. The molecule has 0 unspecified atom stereocenters. The molecule has 7 heteroatoms. The quantitative estimate of drug-likeness (QED) is 0.680. The molecule has 0 fully saturated rings. The molecule has 2 nitrogen and oxygen atoms in total. The van der Waals surface area contributed by atoms with Crippen molar-refractivity contribution in [2.24, 2.45) is 0 Å². The zero-order valence-electron chi connectivity index (χ0n) is 10.1. The Morgan fingerprint density at radius 2 is 2.12 bits per heavy atom. The molecule has 0 aliphatic rings. The molecule has 1 aromatic rings. The molecule has 90 valence electrons. The first-order valence-corrected chi connectivity index (χ1v) is 5.05. The van der Waals surface area contributed by atoms with Gasteiger partial charge in [-0.2, -0.15) is 0 Å². The Morgan fingerprint density at radius 1 is 1.47 bits per heavy atom. The van der Waals surface area contributed by atoms with Crippen molar-refractivity contribution in [3.05, 3.63) is 36.2 Å². The topological polar surface area (TPSA) is 16.4 Å². The number of furan rings is 1. The van der Waals surface area contributed by atoms with Crippen molar-refractivity contribution in [3.8, 4) is 0 Å². The van der Waals surface area contributed by atoms with Crippen LogP contribution in [0.1, 0.15) is 12.7 Å². The van der Waals surface area contributed by atoms with Crippen molar-refractivity contribution in [1.29, 1.82) is 0 Å². The molecule has 1 heterocycles. The van der Waals surface area contributed by atoms with Crippen LogP contribution in [-0.2, 0) is 6.54 Å². The fourth-order valence-electron chi connectivity index (χ4n) is 1.29. The molecule has 0 amide bonds. The molecule has 0 aromatic carbocycles. The van der Waals surface area contributed by atoms with E-state index in [0.717, 1.165) is 0 Å². The number of likely N-dealkylation sites (N-methyl/N-ethyl adjacent to an activating group) is 1. The molecule has 0 saturated heterocycles. The Bertz CT molecular complexity index is 340. The van der Waals surface area contributed by atoms with Crippen molar-refractivity contribution in [3.63, 3.8) is 0 Å². The monoisotopic (exact) mass is 271 g/mol. The van der Waals surface area contributed by atoms with Crippen LogP contribution in [0.5, 0.6) is 0 Å². The van der Waals surface area contributed by atoms with Crippen LogP contribution in [0.15, 0.2) is 34.9 Å². The maximum atomic E-state index is 12.3. The summed E-state index contributed by atoms with van der Waals surface area (Å²) in [4.78, 5) is 1.64. The van der Waals surface area contributed by atoms with Crippen LogP contribution in [0.3, 0.4) is 0 Å². The Morgan fingerprint density at radius 3 is 2.53 bits per heavy atom. The summed E-state index contributed by atoms with van der Waals surface area (Å²) in [5.74, 6) is 0.657. The number of halogens is 3. The third-order valence-corrected chi connectivity index (χ3v) is 2.30. The van der Waals surface area contributed by atoms with Crippen molar-refractivity contribution in [2.45, 2.75) is 13.5 Å². The summed E-state index contributed by atoms with van der Waals surface area (Å²) < 4.78 is 42.1. The first-order valence-electron chi connectivity index (χ1n) is 5.05. The molecule has 0 bridgehead atoms. The molecule has 0 N–H and O–H groups in total. The number of hydrogen-bond acceptors (Lipinski definition) is 2. The third kappa shape index (κ3) is 6.26. The number of hydrogen-bond donors (Lipinski definition) is 0. The van der Waals surface area contributed by atoms with E-state index in [4.69, 9.17) is 4.42 Å².